The highest BCUT2D eigenvalue weighted by atomic mass is 16.2. The number of ketones is 1. The number of quaternary nitrogens is 1. The minimum atomic E-state index is -0.0553. The second-order valence-electron chi connectivity index (χ2n) is 6.38. The Balaban J connectivity index is 1.58. The Hall–Kier alpha value is -2.72. The Labute approximate surface area is 148 Å². The topological polar surface area (TPSA) is 50.6 Å². The van der Waals surface area contributed by atoms with Gasteiger partial charge in [-0.2, -0.15) is 0 Å². The van der Waals surface area contributed by atoms with Crippen molar-refractivity contribution in [1.29, 1.82) is 0 Å². The van der Waals surface area contributed by atoms with Crippen LogP contribution in [-0.4, -0.2) is 31.3 Å². The molecule has 1 amide bonds. The van der Waals surface area contributed by atoms with Crippen LogP contribution in [0, 0.1) is 0 Å². The lowest BCUT2D eigenvalue weighted by atomic mass is 10.00. The van der Waals surface area contributed by atoms with E-state index in [0.29, 0.717) is 17.8 Å². The Kier molecular flexibility index (Phi) is 5.41. The molecule has 0 fully saturated rings. The first-order chi connectivity index (χ1) is 12.1. The molecule has 0 saturated heterocycles. The van der Waals surface area contributed by atoms with Gasteiger partial charge >= 0.3 is 0 Å². The van der Waals surface area contributed by atoms with E-state index in [-0.39, 0.29) is 11.7 Å². The van der Waals surface area contributed by atoms with Gasteiger partial charge in [0.25, 0.3) is 5.91 Å². The Morgan fingerprint density at radius 2 is 1.76 bits per heavy atom. The van der Waals surface area contributed by atoms with Gasteiger partial charge in [-0.15, -0.1) is 0 Å². The molecule has 1 unspecified atom stereocenters. The van der Waals surface area contributed by atoms with E-state index in [4.69, 9.17) is 0 Å². The fourth-order valence-electron chi connectivity index (χ4n) is 3.18. The van der Waals surface area contributed by atoms with Crippen molar-refractivity contribution in [2.24, 2.45) is 0 Å². The average Bonchev–Trinajstić information content (AvgIpc) is 2.63. The lowest BCUT2D eigenvalue weighted by molar-refractivity contribution is -0.886. The van der Waals surface area contributed by atoms with Crippen LogP contribution in [0.25, 0.3) is 5.57 Å². The SMILES string of the molecule is CC(=O)c1ccccc1NC(=O)C[NH+]1CC=C(c2ccccc2)CC1. The first kappa shape index (κ1) is 17.1. The van der Waals surface area contributed by atoms with Gasteiger partial charge in [-0.3, -0.25) is 9.59 Å². The number of carbonyl (C=O) groups excluding carboxylic acids is 2. The molecule has 4 heteroatoms. The van der Waals surface area contributed by atoms with Gasteiger partial charge < -0.3 is 10.2 Å². The second-order valence-corrected chi connectivity index (χ2v) is 6.38. The molecular weight excluding hydrogens is 312 g/mol. The third-order valence-corrected chi connectivity index (χ3v) is 4.52. The largest absolute Gasteiger partial charge is 0.324 e. The Morgan fingerprint density at radius 1 is 1.04 bits per heavy atom. The van der Waals surface area contributed by atoms with E-state index in [1.54, 1.807) is 18.2 Å². The molecule has 2 N–H and O–H groups in total. The van der Waals surface area contributed by atoms with Gasteiger partial charge in [-0.25, -0.2) is 0 Å². The first-order valence-corrected chi connectivity index (χ1v) is 8.61. The van der Waals surface area contributed by atoms with Crippen molar-refractivity contribution in [3.63, 3.8) is 0 Å². The lowest BCUT2D eigenvalue weighted by Gasteiger charge is -2.23. The monoisotopic (exact) mass is 335 g/mol. The Bertz CT molecular complexity index is 797. The number of nitrogens with one attached hydrogen (secondary N) is 2. The number of anilines is 1. The highest BCUT2D eigenvalue weighted by molar-refractivity contribution is 6.03. The van der Waals surface area contributed by atoms with E-state index in [9.17, 15) is 9.59 Å². The molecule has 0 bridgehead atoms. The summed E-state index contributed by atoms with van der Waals surface area (Å²) in [4.78, 5) is 25.2. The van der Waals surface area contributed by atoms with Gasteiger partial charge in [-0.1, -0.05) is 42.5 Å². The number of hydrogen-bond acceptors (Lipinski definition) is 2. The van der Waals surface area contributed by atoms with Gasteiger partial charge in [0.1, 0.15) is 0 Å². The summed E-state index contributed by atoms with van der Waals surface area (Å²) in [7, 11) is 0. The van der Waals surface area contributed by atoms with E-state index >= 15 is 0 Å². The molecule has 0 aliphatic carbocycles. The molecule has 0 spiro atoms. The maximum absolute atomic E-state index is 12.3. The molecule has 1 aliphatic rings. The van der Waals surface area contributed by atoms with E-state index in [0.717, 1.165) is 19.5 Å². The van der Waals surface area contributed by atoms with Crippen molar-refractivity contribution in [3.8, 4) is 0 Å². The summed E-state index contributed by atoms with van der Waals surface area (Å²) in [5.74, 6) is -0.100. The molecule has 1 heterocycles. The number of para-hydroxylation sites is 1. The van der Waals surface area contributed by atoms with Crippen molar-refractivity contribution in [2.75, 3.05) is 25.0 Å². The lowest BCUT2D eigenvalue weighted by Crippen LogP contribution is -3.13. The van der Waals surface area contributed by atoms with Crippen LogP contribution in [0.4, 0.5) is 5.69 Å². The predicted molar refractivity (Wildman–Crippen MR) is 99.7 cm³/mol. The van der Waals surface area contributed by atoms with Crippen molar-refractivity contribution in [3.05, 3.63) is 71.8 Å². The summed E-state index contributed by atoms with van der Waals surface area (Å²) in [6.45, 7) is 3.69. The standard InChI is InChI=1S/C21H22N2O2/c1-16(24)19-9-5-6-10-20(19)22-21(25)15-23-13-11-18(12-14-23)17-7-3-2-4-8-17/h2-11H,12-15H2,1H3,(H,22,25)/p+1. The van der Waals surface area contributed by atoms with Crippen molar-refractivity contribution >= 4 is 23.0 Å². The summed E-state index contributed by atoms with van der Waals surface area (Å²) in [6.07, 6.45) is 3.20. The molecule has 128 valence electrons. The van der Waals surface area contributed by atoms with Crippen LogP contribution in [0.15, 0.2) is 60.7 Å². The highest BCUT2D eigenvalue weighted by Crippen LogP contribution is 2.18. The average molecular weight is 335 g/mol. The first-order valence-electron chi connectivity index (χ1n) is 8.61. The minimum absolute atomic E-state index is 0.0448. The zero-order chi connectivity index (χ0) is 17.6. The fourth-order valence-corrected chi connectivity index (χ4v) is 3.18. The maximum atomic E-state index is 12.3. The summed E-state index contributed by atoms with van der Waals surface area (Å²) < 4.78 is 0. The highest BCUT2D eigenvalue weighted by Gasteiger charge is 2.19. The summed E-state index contributed by atoms with van der Waals surface area (Å²) in [6, 6.07) is 17.5. The summed E-state index contributed by atoms with van der Waals surface area (Å²) in [5.41, 5.74) is 3.76. The molecule has 0 saturated carbocycles. The normalized spacial score (nSPS) is 16.8. The number of hydrogen-bond donors (Lipinski definition) is 2. The number of rotatable bonds is 5. The van der Waals surface area contributed by atoms with Crippen LogP contribution in [0.1, 0.15) is 29.3 Å². The van der Waals surface area contributed by atoms with Crippen LogP contribution in [0.5, 0.6) is 0 Å². The molecule has 1 atom stereocenters. The van der Waals surface area contributed by atoms with Gasteiger partial charge in [0.2, 0.25) is 0 Å². The van der Waals surface area contributed by atoms with Gasteiger partial charge in [-0.05, 0) is 36.3 Å². The predicted octanol–water partition coefficient (Wildman–Crippen LogP) is 2.20. The minimum Gasteiger partial charge on any atom is -0.324 e. The number of Topliss-reactive ketones (excluding diaryl/α,β-unsaturated/α-hetero) is 1. The van der Waals surface area contributed by atoms with E-state index in [1.165, 1.54) is 23.0 Å². The van der Waals surface area contributed by atoms with Gasteiger partial charge in [0.15, 0.2) is 12.3 Å². The van der Waals surface area contributed by atoms with Crippen molar-refractivity contribution in [1.82, 2.24) is 0 Å². The van der Waals surface area contributed by atoms with Crippen LogP contribution in [-0.2, 0) is 4.79 Å². The zero-order valence-electron chi connectivity index (χ0n) is 14.4. The van der Waals surface area contributed by atoms with E-state index in [1.807, 2.05) is 12.1 Å². The zero-order valence-corrected chi connectivity index (χ0v) is 14.4. The van der Waals surface area contributed by atoms with Crippen LogP contribution < -0.4 is 10.2 Å². The number of benzene rings is 2. The summed E-state index contributed by atoms with van der Waals surface area (Å²) in [5, 5.41) is 2.88. The molecule has 2 aromatic rings. The van der Waals surface area contributed by atoms with Crippen molar-refractivity contribution < 1.29 is 14.5 Å². The summed E-state index contributed by atoms with van der Waals surface area (Å²) >= 11 is 0. The van der Waals surface area contributed by atoms with Gasteiger partial charge in [0, 0.05) is 12.0 Å². The molecular formula is C21H23N2O2+. The maximum Gasteiger partial charge on any atom is 0.279 e. The molecule has 0 aromatic heterocycles. The molecule has 25 heavy (non-hydrogen) atoms. The molecule has 0 radical (unpaired) electrons. The van der Waals surface area contributed by atoms with Gasteiger partial charge in [0.05, 0.1) is 18.8 Å². The van der Waals surface area contributed by atoms with E-state index < -0.39 is 0 Å². The van der Waals surface area contributed by atoms with Crippen molar-refractivity contribution in [2.45, 2.75) is 13.3 Å². The van der Waals surface area contributed by atoms with Crippen LogP contribution >= 0.6 is 0 Å². The second kappa shape index (κ2) is 7.90. The van der Waals surface area contributed by atoms with Crippen LogP contribution in [0.3, 0.4) is 0 Å². The smallest absolute Gasteiger partial charge is 0.279 e. The Morgan fingerprint density at radius 3 is 2.44 bits per heavy atom. The van der Waals surface area contributed by atoms with E-state index in [2.05, 4.69) is 35.7 Å². The molecule has 2 aromatic carbocycles. The molecule has 1 aliphatic heterocycles. The third-order valence-electron chi connectivity index (χ3n) is 4.52. The quantitative estimate of drug-likeness (QED) is 0.823. The third kappa shape index (κ3) is 4.43. The fraction of sp³-hybridized carbons (Fsp3) is 0.238. The van der Waals surface area contributed by atoms with Crippen LogP contribution in [0.2, 0.25) is 0 Å². The number of amides is 1. The molecule has 4 nitrogen and oxygen atoms in total. The molecule has 3 rings (SSSR count). The number of carbonyl (C=O) groups is 2.